The molecule has 0 atom stereocenters. The molecule has 0 aliphatic heterocycles. The quantitative estimate of drug-likeness (QED) is 0.732. The van der Waals surface area contributed by atoms with E-state index in [9.17, 15) is 4.79 Å². The molecular weight excluding hydrogens is 244 g/mol. The van der Waals surface area contributed by atoms with E-state index in [0.29, 0.717) is 23.9 Å². The minimum absolute atomic E-state index is 0.196. The van der Waals surface area contributed by atoms with Crippen LogP contribution in [0, 0.1) is 0 Å². The van der Waals surface area contributed by atoms with Crippen molar-refractivity contribution in [3.05, 3.63) is 16.9 Å². The van der Waals surface area contributed by atoms with Gasteiger partial charge in [0.25, 0.3) is 0 Å². The van der Waals surface area contributed by atoms with Gasteiger partial charge in [0.1, 0.15) is 11.3 Å². The number of ketones is 1. The maximum atomic E-state index is 12.3. The monoisotopic (exact) mass is 260 g/mol. The second-order valence-electron chi connectivity index (χ2n) is 4.10. The number of nitrogens with zero attached hydrogens (tertiary/aromatic N) is 2. The lowest BCUT2D eigenvalue weighted by atomic mass is 10.0. The van der Waals surface area contributed by atoms with Crippen LogP contribution >= 0.6 is 11.6 Å². The van der Waals surface area contributed by atoms with Crippen molar-refractivity contribution in [1.82, 2.24) is 9.78 Å². The van der Waals surface area contributed by atoms with Gasteiger partial charge in [-0.15, -0.1) is 0 Å². The second-order valence-corrected chi connectivity index (χ2v) is 4.51. The van der Waals surface area contributed by atoms with Gasteiger partial charge in [-0.1, -0.05) is 11.6 Å². The zero-order valence-electron chi connectivity index (χ0n) is 10.5. The highest BCUT2D eigenvalue weighted by Crippen LogP contribution is 2.22. The van der Waals surface area contributed by atoms with Gasteiger partial charge in [-0.3, -0.25) is 9.48 Å². The average molecular weight is 261 g/mol. The van der Waals surface area contributed by atoms with Crippen LogP contribution in [0.4, 0.5) is 0 Å². The van der Waals surface area contributed by atoms with E-state index in [1.165, 1.54) is 18.0 Å². The summed E-state index contributed by atoms with van der Waals surface area (Å²) in [5.74, 6) is -0.196. The van der Waals surface area contributed by atoms with Gasteiger partial charge in [0, 0.05) is 14.2 Å². The van der Waals surface area contributed by atoms with Gasteiger partial charge in [-0.25, -0.2) is 0 Å². The molecule has 0 spiro atoms. The van der Waals surface area contributed by atoms with Gasteiger partial charge in [0.2, 0.25) is 5.78 Å². The summed E-state index contributed by atoms with van der Waals surface area (Å²) in [4.78, 5) is 12.3. The number of ether oxygens (including phenoxy) is 2. The fourth-order valence-corrected chi connectivity index (χ4v) is 1.54. The molecule has 1 aromatic rings. The van der Waals surface area contributed by atoms with E-state index < -0.39 is 5.60 Å². The summed E-state index contributed by atoms with van der Waals surface area (Å²) in [6.45, 7) is 4.33. The smallest absolute Gasteiger partial charge is 0.213 e. The highest BCUT2D eigenvalue weighted by molar-refractivity contribution is 6.34. The predicted molar refractivity (Wildman–Crippen MR) is 64.5 cm³/mol. The Labute approximate surface area is 106 Å². The van der Waals surface area contributed by atoms with E-state index >= 15 is 0 Å². The Bertz CT molecular complexity index is 401. The molecular formula is C11H17ClN2O3. The highest BCUT2D eigenvalue weighted by atomic mass is 35.5. The van der Waals surface area contributed by atoms with Crippen LogP contribution in [0.15, 0.2) is 6.20 Å². The Hall–Kier alpha value is -0.910. The first kappa shape index (κ1) is 14.2. The van der Waals surface area contributed by atoms with Crippen molar-refractivity contribution in [2.45, 2.75) is 26.0 Å². The summed E-state index contributed by atoms with van der Waals surface area (Å²) in [6.07, 6.45) is 1.45. The van der Waals surface area contributed by atoms with Crippen LogP contribution in [0.3, 0.4) is 0 Å². The van der Waals surface area contributed by atoms with Crippen LogP contribution in [0.5, 0.6) is 0 Å². The molecule has 0 aliphatic carbocycles. The van der Waals surface area contributed by atoms with Gasteiger partial charge in [-0.2, -0.15) is 5.10 Å². The Morgan fingerprint density at radius 3 is 2.71 bits per heavy atom. The summed E-state index contributed by atoms with van der Waals surface area (Å²) in [5, 5.41) is 4.38. The van der Waals surface area contributed by atoms with Crippen molar-refractivity contribution in [3.63, 3.8) is 0 Å². The molecule has 0 bridgehead atoms. The van der Waals surface area contributed by atoms with Crippen LogP contribution in [0.25, 0.3) is 0 Å². The third-order valence-corrected chi connectivity index (χ3v) is 2.85. The van der Waals surface area contributed by atoms with E-state index in [4.69, 9.17) is 21.1 Å². The number of carbonyl (C=O) groups is 1. The Morgan fingerprint density at radius 2 is 2.18 bits per heavy atom. The van der Waals surface area contributed by atoms with Gasteiger partial charge in [0.15, 0.2) is 0 Å². The first-order valence-corrected chi connectivity index (χ1v) is 5.62. The summed E-state index contributed by atoms with van der Waals surface area (Å²) >= 11 is 5.98. The second kappa shape index (κ2) is 5.62. The van der Waals surface area contributed by atoms with Crippen LogP contribution in [-0.2, 0) is 16.0 Å². The fraction of sp³-hybridized carbons (Fsp3) is 0.636. The van der Waals surface area contributed by atoms with Crippen molar-refractivity contribution in [2.24, 2.45) is 0 Å². The van der Waals surface area contributed by atoms with Crippen LogP contribution < -0.4 is 0 Å². The molecule has 0 fully saturated rings. The zero-order chi connectivity index (χ0) is 13.1. The number of hydrogen-bond acceptors (Lipinski definition) is 4. The van der Waals surface area contributed by atoms with E-state index in [2.05, 4.69) is 5.10 Å². The number of carbonyl (C=O) groups excluding carboxylic acids is 1. The first-order chi connectivity index (χ1) is 7.94. The van der Waals surface area contributed by atoms with Gasteiger partial charge in [0.05, 0.1) is 24.4 Å². The molecule has 0 N–H and O–H groups in total. The molecule has 0 saturated heterocycles. The largest absolute Gasteiger partial charge is 0.383 e. The van der Waals surface area contributed by atoms with Gasteiger partial charge < -0.3 is 9.47 Å². The molecule has 0 amide bonds. The molecule has 1 heterocycles. The van der Waals surface area contributed by atoms with Crippen LogP contribution in [-0.4, -0.2) is 42.0 Å². The SMILES string of the molecule is COCCn1ncc(Cl)c1C(=O)C(C)(C)OC. The molecule has 96 valence electrons. The molecule has 5 nitrogen and oxygen atoms in total. The Balaban J connectivity index is 3.03. The zero-order valence-corrected chi connectivity index (χ0v) is 11.2. The first-order valence-electron chi connectivity index (χ1n) is 5.24. The number of methoxy groups -OCH3 is 2. The molecule has 1 rings (SSSR count). The number of aromatic nitrogens is 2. The lowest BCUT2D eigenvalue weighted by Gasteiger charge is -2.21. The van der Waals surface area contributed by atoms with E-state index in [1.54, 1.807) is 21.0 Å². The summed E-state index contributed by atoms with van der Waals surface area (Å²) in [7, 11) is 3.08. The summed E-state index contributed by atoms with van der Waals surface area (Å²) in [5.41, 5.74) is -0.565. The lowest BCUT2D eigenvalue weighted by Crippen LogP contribution is -2.35. The topological polar surface area (TPSA) is 53.4 Å². The fourth-order valence-electron chi connectivity index (χ4n) is 1.31. The molecule has 0 unspecified atom stereocenters. The molecule has 0 aromatic carbocycles. The molecule has 0 saturated carbocycles. The normalized spacial score (nSPS) is 11.8. The molecule has 6 heteroatoms. The third kappa shape index (κ3) is 3.06. The molecule has 1 aromatic heterocycles. The predicted octanol–water partition coefficient (Wildman–Crippen LogP) is 1.79. The number of halogens is 1. The minimum Gasteiger partial charge on any atom is -0.383 e. The molecule has 0 radical (unpaired) electrons. The van der Waals surface area contributed by atoms with Crippen molar-refractivity contribution in [1.29, 1.82) is 0 Å². The highest BCUT2D eigenvalue weighted by Gasteiger charge is 2.32. The number of Topliss-reactive ketones (excluding diaryl/α,β-unsaturated/α-hetero) is 1. The average Bonchev–Trinajstić information content (AvgIpc) is 2.66. The summed E-state index contributed by atoms with van der Waals surface area (Å²) < 4.78 is 11.6. The van der Waals surface area contributed by atoms with E-state index in [-0.39, 0.29) is 5.78 Å². The van der Waals surface area contributed by atoms with Crippen molar-refractivity contribution in [2.75, 3.05) is 20.8 Å². The Morgan fingerprint density at radius 1 is 1.53 bits per heavy atom. The van der Waals surface area contributed by atoms with Gasteiger partial charge >= 0.3 is 0 Å². The maximum Gasteiger partial charge on any atom is 0.213 e. The van der Waals surface area contributed by atoms with E-state index in [0.717, 1.165) is 0 Å². The number of rotatable bonds is 6. The van der Waals surface area contributed by atoms with Gasteiger partial charge in [-0.05, 0) is 13.8 Å². The Kier molecular flexibility index (Phi) is 4.68. The van der Waals surface area contributed by atoms with Crippen molar-refractivity contribution in [3.8, 4) is 0 Å². The molecule has 17 heavy (non-hydrogen) atoms. The van der Waals surface area contributed by atoms with Crippen LogP contribution in [0.2, 0.25) is 5.02 Å². The van der Waals surface area contributed by atoms with Crippen molar-refractivity contribution < 1.29 is 14.3 Å². The summed E-state index contributed by atoms with van der Waals surface area (Å²) in [6, 6.07) is 0. The maximum absolute atomic E-state index is 12.3. The third-order valence-electron chi connectivity index (χ3n) is 2.57. The standard InChI is InChI=1S/C11H17ClN2O3/c1-11(2,17-4)10(15)9-8(12)7-13-14(9)5-6-16-3/h7H,5-6H2,1-4H3. The van der Waals surface area contributed by atoms with Crippen LogP contribution in [0.1, 0.15) is 24.3 Å². The number of hydrogen-bond donors (Lipinski definition) is 0. The minimum atomic E-state index is -0.922. The van der Waals surface area contributed by atoms with Crippen molar-refractivity contribution >= 4 is 17.4 Å². The van der Waals surface area contributed by atoms with E-state index in [1.807, 2.05) is 0 Å². The lowest BCUT2D eigenvalue weighted by molar-refractivity contribution is 0.0217. The molecule has 0 aliphatic rings.